The highest BCUT2D eigenvalue weighted by molar-refractivity contribution is 7.10. The van der Waals surface area contributed by atoms with Crippen LogP contribution in [0.15, 0.2) is 17.5 Å². The van der Waals surface area contributed by atoms with Gasteiger partial charge in [0.15, 0.2) is 0 Å². The monoisotopic (exact) mass is 265 g/mol. The van der Waals surface area contributed by atoms with Crippen molar-refractivity contribution in [3.8, 4) is 0 Å². The van der Waals surface area contributed by atoms with Crippen LogP contribution in [-0.4, -0.2) is 6.04 Å². The van der Waals surface area contributed by atoms with Crippen LogP contribution in [-0.2, 0) is 0 Å². The number of rotatable bonds is 5. The lowest BCUT2D eigenvalue weighted by Gasteiger charge is -2.26. The van der Waals surface area contributed by atoms with Crippen LogP contribution in [0.1, 0.15) is 75.6 Å². The first-order valence-corrected chi connectivity index (χ1v) is 8.57. The molecule has 2 heteroatoms. The first-order valence-electron chi connectivity index (χ1n) is 7.69. The summed E-state index contributed by atoms with van der Waals surface area (Å²) in [7, 11) is 0. The molecule has 1 aliphatic rings. The van der Waals surface area contributed by atoms with Gasteiger partial charge in [-0.2, -0.15) is 0 Å². The van der Waals surface area contributed by atoms with Crippen LogP contribution >= 0.6 is 11.3 Å². The zero-order chi connectivity index (χ0) is 12.6. The lowest BCUT2D eigenvalue weighted by atomic mass is 9.95. The third-order valence-electron chi connectivity index (χ3n) is 4.01. The van der Waals surface area contributed by atoms with Crippen molar-refractivity contribution in [3.05, 3.63) is 22.4 Å². The standard InChI is InChI=1S/C16H27NS/c1-2-9-15(16-12-8-13-18-16)17-14-10-6-4-3-5-7-11-14/h8,12-15,17H,2-7,9-11H2,1H3. The average Bonchev–Trinajstić information content (AvgIpc) is 2.85. The molecule has 1 atom stereocenters. The molecule has 1 fully saturated rings. The fraction of sp³-hybridized carbons (Fsp3) is 0.750. The van der Waals surface area contributed by atoms with Crippen LogP contribution in [0.3, 0.4) is 0 Å². The normalized spacial score (nSPS) is 20.3. The van der Waals surface area contributed by atoms with Crippen molar-refractivity contribution in [1.82, 2.24) is 5.32 Å². The Morgan fingerprint density at radius 3 is 2.56 bits per heavy atom. The lowest BCUT2D eigenvalue weighted by molar-refractivity contribution is 0.346. The van der Waals surface area contributed by atoms with Crippen molar-refractivity contribution < 1.29 is 0 Å². The van der Waals surface area contributed by atoms with E-state index in [-0.39, 0.29) is 0 Å². The molecule has 0 radical (unpaired) electrons. The second kappa shape index (κ2) is 7.96. The van der Waals surface area contributed by atoms with Crippen LogP contribution in [0.2, 0.25) is 0 Å². The summed E-state index contributed by atoms with van der Waals surface area (Å²) in [4.78, 5) is 1.53. The largest absolute Gasteiger partial charge is 0.306 e. The van der Waals surface area contributed by atoms with E-state index in [2.05, 4.69) is 29.8 Å². The van der Waals surface area contributed by atoms with Gasteiger partial charge in [-0.1, -0.05) is 51.5 Å². The molecule has 0 saturated heterocycles. The fourth-order valence-electron chi connectivity index (χ4n) is 2.99. The molecule has 1 heterocycles. The van der Waals surface area contributed by atoms with Gasteiger partial charge in [-0.3, -0.25) is 0 Å². The second-order valence-electron chi connectivity index (χ2n) is 5.57. The van der Waals surface area contributed by atoms with Crippen molar-refractivity contribution in [1.29, 1.82) is 0 Å². The Labute approximate surface area is 116 Å². The summed E-state index contributed by atoms with van der Waals surface area (Å²) in [6.45, 7) is 2.29. The molecule has 0 amide bonds. The van der Waals surface area contributed by atoms with Crippen LogP contribution in [0.4, 0.5) is 0 Å². The van der Waals surface area contributed by atoms with Gasteiger partial charge >= 0.3 is 0 Å². The van der Waals surface area contributed by atoms with Gasteiger partial charge in [-0.05, 0) is 30.7 Å². The van der Waals surface area contributed by atoms with E-state index in [0.717, 1.165) is 6.04 Å². The maximum absolute atomic E-state index is 3.94. The van der Waals surface area contributed by atoms with Gasteiger partial charge in [0.2, 0.25) is 0 Å². The quantitative estimate of drug-likeness (QED) is 0.762. The molecule has 1 unspecified atom stereocenters. The lowest BCUT2D eigenvalue weighted by Crippen LogP contribution is -2.33. The maximum Gasteiger partial charge on any atom is 0.0416 e. The molecule has 1 aromatic rings. The predicted molar refractivity (Wildman–Crippen MR) is 81.2 cm³/mol. The molecule has 102 valence electrons. The van der Waals surface area contributed by atoms with E-state index >= 15 is 0 Å². The minimum Gasteiger partial charge on any atom is -0.306 e. The summed E-state index contributed by atoms with van der Waals surface area (Å²) in [5, 5.41) is 6.14. The van der Waals surface area contributed by atoms with Crippen LogP contribution in [0, 0.1) is 0 Å². The van der Waals surface area contributed by atoms with Crippen molar-refractivity contribution in [2.24, 2.45) is 0 Å². The van der Waals surface area contributed by atoms with Gasteiger partial charge in [0.25, 0.3) is 0 Å². The number of hydrogen-bond acceptors (Lipinski definition) is 2. The third-order valence-corrected chi connectivity index (χ3v) is 4.99. The van der Waals surface area contributed by atoms with Gasteiger partial charge < -0.3 is 5.32 Å². The van der Waals surface area contributed by atoms with Gasteiger partial charge in [-0.15, -0.1) is 11.3 Å². The molecule has 0 aromatic carbocycles. The van der Waals surface area contributed by atoms with E-state index < -0.39 is 0 Å². The second-order valence-corrected chi connectivity index (χ2v) is 6.54. The first kappa shape index (κ1) is 14.1. The molecule has 0 aliphatic heterocycles. The topological polar surface area (TPSA) is 12.0 Å². The zero-order valence-corrected chi connectivity index (χ0v) is 12.5. The van der Waals surface area contributed by atoms with E-state index in [1.165, 1.54) is 62.7 Å². The zero-order valence-electron chi connectivity index (χ0n) is 11.7. The van der Waals surface area contributed by atoms with E-state index in [4.69, 9.17) is 0 Å². The first-order chi connectivity index (χ1) is 8.90. The Morgan fingerprint density at radius 2 is 1.94 bits per heavy atom. The minimum absolute atomic E-state index is 0.597. The van der Waals surface area contributed by atoms with Gasteiger partial charge in [0, 0.05) is 17.0 Å². The highest BCUT2D eigenvalue weighted by atomic mass is 32.1. The maximum atomic E-state index is 3.94. The molecule has 1 aliphatic carbocycles. The summed E-state index contributed by atoms with van der Waals surface area (Å²) in [5.41, 5.74) is 0. The van der Waals surface area contributed by atoms with Gasteiger partial charge in [0.05, 0.1) is 0 Å². The highest BCUT2D eigenvalue weighted by Gasteiger charge is 2.17. The Hall–Kier alpha value is -0.340. The smallest absolute Gasteiger partial charge is 0.0416 e. The summed E-state index contributed by atoms with van der Waals surface area (Å²) in [6.07, 6.45) is 12.5. The van der Waals surface area contributed by atoms with Crippen LogP contribution in [0.25, 0.3) is 0 Å². The Bertz CT molecular complexity index is 299. The summed E-state index contributed by atoms with van der Waals surface area (Å²) in [5.74, 6) is 0. The van der Waals surface area contributed by atoms with E-state index in [1.54, 1.807) is 0 Å². The predicted octanol–water partition coefficient (Wildman–Crippen LogP) is 5.29. The van der Waals surface area contributed by atoms with Crippen LogP contribution < -0.4 is 5.32 Å². The van der Waals surface area contributed by atoms with E-state index in [0.29, 0.717) is 6.04 Å². The van der Waals surface area contributed by atoms with Crippen LogP contribution in [0.5, 0.6) is 0 Å². The average molecular weight is 265 g/mol. The molecule has 0 bridgehead atoms. The van der Waals surface area contributed by atoms with E-state index in [9.17, 15) is 0 Å². The number of nitrogens with one attached hydrogen (secondary N) is 1. The van der Waals surface area contributed by atoms with Crippen molar-refractivity contribution in [3.63, 3.8) is 0 Å². The molecular weight excluding hydrogens is 238 g/mol. The van der Waals surface area contributed by atoms with Crippen molar-refractivity contribution in [2.45, 2.75) is 76.8 Å². The molecular formula is C16H27NS. The fourth-order valence-corrected chi connectivity index (χ4v) is 3.81. The van der Waals surface area contributed by atoms with E-state index in [1.807, 2.05) is 11.3 Å². The van der Waals surface area contributed by atoms with Crippen molar-refractivity contribution in [2.75, 3.05) is 0 Å². The molecule has 0 spiro atoms. The summed E-state index contributed by atoms with van der Waals surface area (Å²) >= 11 is 1.91. The SMILES string of the molecule is CCCC(NC1CCCCCCC1)c1cccs1. The summed E-state index contributed by atoms with van der Waals surface area (Å²) < 4.78 is 0. The highest BCUT2D eigenvalue weighted by Crippen LogP contribution is 2.26. The minimum atomic E-state index is 0.597. The van der Waals surface area contributed by atoms with Gasteiger partial charge in [-0.25, -0.2) is 0 Å². The molecule has 18 heavy (non-hydrogen) atoms. The number of thiophene rings is 1. The Kier molecular flexibility index (Phi) is 6.22. The van der Waals surface area contributed by atoms with Gasteiger partial charge in [0.1, 0.15) is 0 Å². The van der Waals surface area contributed by atoms with Crippen molar-refractivity contribution >= 4 is 11.3 Å². The molecule has 2 rings (SSSR count). The molecule has 1 nitrogen and oxygen atoms in total. The molecule has 1 N–H and O–H groups in total. The summed E-state index contributed by atoms with van der Waals surface area (Å²) in [6, 6.07) is 5.83. The Balaban J connectivity index is 1.90. The molecule has 1 saturated carbocycles. The third kappa shape index (κ3) is 4.40. The molecule has 1 aromatic heterocycles. The Morgan fingerprint density at radius 1 is 1.22 bits per heavy atom. The number of hydrogen-bond donors (Lipinski definition) is 1.